The summed E-state index contributed by atoms with van der Waals surface area (Å²) in [6.45, 7) is 10.2. The number of hydrogen-bond acceptors (Lipinski definition) is 0. The summed E-state index contributed by atoms with van der Waals surface area (Å²) in [6.07, 6.45) is 13.6. The number of benzene rings is 1. The molecule has 1 atom stereocenters. The van der Waals surface area contributed by atoms with Gasteiger partial charge in [-0.2, -0.15) is 0 Å². The third kappa shape index (κ3) is 7.33. The summed E-state index contributed by atoms with van der Waals surface area (Å²) in [4.78, 5) is 0. The van der Waals surface area contributed by atoms with Crippen molar-refractivity contribution in [1.29, 1.82) is 0 Å². The third-order valence-electron chi connectivity index (χ3n) is 4.78. The predicted octanol–water partition coefficient (Wildman–Crippen LogP) is 3.09. The van der Waals surface area contributed by atoms with Gasteiger partial charge in [-0.15, -0.1) is 6.42 Å². The van der Waals surface area contributed by atoms with E-state index in [1.165, 1.54) is 62.7 Å². The average molecular weight is 462 g/mol. The molecule has 1 aromatic carbocycles. The Morgan fingerprint density at radius 3 is 2.04 bits per heavy atom. The first-order valence-electron chi connectivity index (χ1n) is 9.10. The summed E-state index contributed by atoms with van der Waals surface area (Å²) in [5.74, 6) is 3.06. The van der Waals surface area contributed by atoms with Crippen LogP contribution in [0, 0.1) is 19.3 Å². The van der Waals surface area contributed by atoms with Crippen molar-refractivity contribution in [3.63, 3.8) is 0 Å². The molecule has 0 radical (unpaired) electrons. The molecular weight excluding hydrogens is 429 g/mol. The molecule has 0 heterocycles. The fraction of sp³-hybridized carbons (Fsp3) is 0.619. The Labute approximate surface area is 169 Å². The van der Waals surface area contributed by atoms with E-state index in [1.807, 2.05) is 0 Å². The Kier molecular flexibility index (Phi) is 12.9. The quantitative estimate of drug-likeness (QED) is 0.119. The van der Waals surface area contributed by atoms with Gasteiger partial charge in [0.2, 0.25) is 4.05 Å². The van der Waals surface area contributed by atoms with E-state index < -0.39 is 0 Å². The molecule has 0 aliphatic heterocycles. The fourth-order valence-corrected chi connectivity index (χ4v) is 3.97. The maximum atomic E-state index is 5.89. The van der Waals surface area contributed by atoms with Gasteiger partial charge in [0.15, 0.2) is 0 Å². The molecule has 0 saturated carbocycles. The molecule has 1 aromatic rings. The van der Waals surface area contributed by atoms with Crippen molar-refractivity contribution in [2.45, 2.75) is 69.9 Å². The van der Waals surface area contributed by atoms with E-state index in [-0.39, 0.29) is 16.5 Å². The number of quaternary nitrogens is 1. The molecule has 0 saturated heterocycles. The smallest absolute Gasteiger partial charge is 0.200 e. The summed E-state index contributed by atoms with van der Waals surface area (Å²) in [6, 6.07) is 8.79. The zero-order chi connectivity index (χ0) is 17.1. The number of alkyl halides is 1. The Bertz CT molecular complexity index is 485. The maximum Gasteiger partial charge on any atom is 0.200 e. The molecule has 1 rings (SSSR count). The van der Waals surface area contributed by atoms with Crippen molar-refractivity contribution in [3.05, 3.63) is 35.4 Å². The SMILES string of the molecule is C#CC(I)[N+](CCCCC)(CCCCC)Cc1ccccc1C.[Cl-]. The molecule has 0 N–H and O–H groups in total. The zero-order valence-electron chi connectivity index (χ0n) is 15.5. The zero-order valence-corrected chi connectivity index (χ0v) is 18.4. The minimum absolute atomic E-state index is 0. The molecule has 0 spiro atoms. The first-order valence-corrected chi connectivity index (χ1v) is 10.3. The van der Waals surface area contributed by atoms with Gasteiger partial charge in [-0.25, -0.2) is 0 Å². The van der Waals surface area contributed by atoms with E-state index in [0.717, 1.165) is 11.0 Å². The minimum atomic E-state index is 0. The van der Waals surface area contributed by atoms with Gasteiger partial charge in [-0.1, -0.05) is 51.0 Å². The number of halogens is 2. The van der Waals surface area contributed by atoms with Crippen LogP contribution in [0.5, 0.6) is 0 Å². The van der Waals surface area contributed by atoms with Gasteiger partial charge in [0, 0.05) is 28.2 Å². The molecule has 0 bridgehead atoms. The lowest BCUT2D eigenvalue weighted by molar-refractivity contribution is -0.940. The van der Waals surface area contributed by atoms with Crippen LogP contribution < -0.4 is 12.4 Å². The largest absolute Gasteiger partial charge is 1.00 e. The highest BCUT2D eigenvalue weighted by Gasteiger charge is 2.33. The first-order chi connectivity index (χ1) is 11.1. The second-order valence-corrected chi connectivity index (χ2v) is 7.85. The van der Waals surface area contributed by atoms with E-state index in [1.54, 1.807) is 0 Å². The van der Waals surface area contributed by atoms with Crippen molar-refractivity contribution < 1.29 is 16.9 Å². The lowest BCUT2D eigenvalue weighted by Crippen LogP contribution is -3.00. The Balaban J connectivity index is 0.00000529. The Hall–Kier alpha value is -0.240. The van der Waals surface area contributed by atoms with E-state index in [9.17, 15) is 0 Å². The van der Waals surface area contributed by atoms with Gasteiger partial charge in [-0.3, -0.25) is 4.48 Å². The number of rotatable bonds is 11. The van der Waals surface area contributed by atoms with Crippen molar-refractivity contribution in [2.24, 2.45) is 0 Å². The number of hydrogen-bond donors (Lipinski definition) is 0. The Morgan fingerprint density at radius 1 is 1.04 bits per heavy atom. The summed E-state index contributed by atoms with van der Waals surface area (Å²) in [5.41, 5.74) is 2.85. The molecular formula is C21H33ClIN. The van der Waals surface area contributed by atoms with Crippen molar-refractivity contribution in [2.75, 3.05) is 13.1 Å². The van der Waals surface area contributed by atoms with Gasteiger partial charge < -0.3 is 12.4 Å². The standard InChI is InChI=1S/C21H33IN.ClH/c1-5-8-12-16-23(21(22)7-3,17-13-9-6-2)18-20-15-11-10-14-19(20)4;/h3,10-11,14-15,21H,5-6,8-9,12-13,16-18H2,1-2,4H3;1H/q+1;/p-1. The molecule has 0 aliphatic rings. The highest BCUT2D eigenvalue weighted by atomic mass is 127. The van der Waals surface area contributed by atoms with E-state index >= 15 is 0 Å². The number of terminal acetylenes is 1. The van der Waals surface area contributed by atoms with Crippen molar-refractivity contribution in [3.8, 4) is 12.3 Å². The van der Waals surface area contributed by atoms with Gasteiger partial charge in [-0.05, 0) is 44.1 Å². The molecule has 1 nitrogen and oxygen atoms in total. The number of nitrogens with zero attached hydrogens (tertiary/aromatic N) is 1. The maximum absolute atomic E-state index is 5.89. The first kappa shape index (κ1) is 23.8. The summed E-state index contributed by atoms with van der Waals surface area (Å²) in [7, 11) is 0. The second kappa shape index (κ2) is 13.0. The molecule has 0 fully saturated rings. The van der Waals surface area contributed by atoms with E-state index in [4.69, 9.17) is 6.42 Å². The molecule has 0 aliphatic carbocycles. The van der Waals surface area contributed by atoms with Crippen LogP contribution in [0.3, 0.4) is 0 Å². The lowest BCUT2D eigenvalue weighted by Gasteiger charge is -2.41. The van der Waals surface area contributed by atoms with Crippen LogP contribution in [0.15, 0.2) is 24.3 Å². The second-order valence-electron chi connectivity index (χ2n) is 6.67. The van der Waals surface area contributed by atoms with E-state index in [0.29, 0.717) is 0 Å². The summed E-state index contributed by atoms with van der Waals surface area (Å²) >= 11 is 2.50. The van der Waals surface area contributed by atoms with Crippen molar-refractivity contribution in [1.82, 2.24) is 0 Å². The summed E-state index contributed by atoms with van der Waals surface area (Å²) in [5, 5.41) is 0. The van der Waals surface area contributed by atoms with Crippen LogP contribution in [-0.2, 0) is 6.54 Å². The molecule has 3 heteroatoms. The third-order valence-corrected chi connectivity index (χ3v) is 6.32. The molecule has 24 heavy (non-hydrogen) atoms. The van der Waals surface area contributed by atoms with Crippen LogP contribution in [-0.4, -0.2) is 21.6 Å². The topological polar surface area (TPSA) is 0 Å². The van der Waals surface area contributed by atoms with Gasteiger partial charge in [0.05, 0.1) is 13.1 Å². The van der Waals surface area contributed by atoms with Gasteiger partial charge >= 0.3 is 0 Å². The van der Waals surface area contributed by atoms with Gasteiger partial charge in [0.25, 0.3) is 0 Å². The monoisotopic (exact) mass is 461 g/mol. The van der Waals surface area contributed by atoms with Crippen molar-refractivity contribution >= 4 is 22.6 Å². The average Bonchev–Trinajstić information content (AvgIpc) is 2.56. The molecule has 136 valence electrons. The summed E-state index contributed by atoms with van der Waals surface area (Å²) < 4.78 is 1.29. The highest BCUT2D eigenvalue weighted by Crippen LogP contribution is 2.27. The van der Waals surface area contributed by atoms with Crippen LogP contribution in [0.2, 0.25) is 0 Å². The fourth-order valence-electron chi connectivity index (χ4n) is 3.22. The lowest BCUT2D eigenvalue weighted by atomic mass is 10.1. The number of aryl methyl sites for hydroxylation is 1. The van der Waals surface area contributed by atoms with Crippen LogP contribution in [0.4, 0.5) is 0 Å². The number of unbranched alkanes of at least 4 members (excludes halogenated alkanes) is 4. The molecule has 1 unspecified atom stereocenters. The normalized spacial score (nSPS) is 12.3. The predicted molar refractivity (Wildman–Crippen MR) is 111 cm³/mol. The molecule has 0 aromatic heterocycles. The Morgan fingerprint density at radius 2 is 1.58 bits per heavy atom. The van der Waals surface area contributed by atoms with Crippen LogP contribution >= 0.6 is 22.6 Å². The highest BCUT2D eigenvalue weighted by molar-refractivity contribution is 14.1. The molecule has 0 amide bonds. The van der Waals surface area contributed by atoms with Crippen LogP contribution in [0.1, 0.15) is 63.5 Å². The van der Waals surface area contributed by atoms with Crippen LogP contribution in [0.25, 0.3) is 0 Å². The minimum Gasteiger partial charge on any atom is -1.00 e. The van der Waals surface area contributed by atoms with E-state index in [2.05, 4.69) is 73.5 Å². The van der Waals surface area contributed by atoms with Gasteiger partial charge in [0.1, 0.15) is 6.54 Å².